The summed E-state index contributed by atoms with van der Waals surface area (Å²) in [5.41, 5.74) is 9.68. The molecule has 0 unspecified atom stereocenters. The molecule has 4 heterocycles. The molecule has 8 rings (SSSR count). The number of rotatable bonds is 6. The van der Waals surface area contributed by atoms with Crippen molar-refractivity contribution >= 4 is 44.6 Å². The predicted molar refractivity (Wildman–Crippen MR) is 174 cm³/mol. The lowest BCUT2D eigenvalue weighted by Crippen LogP contribution is -1.98. The fourth-order valence-electron chi connectivity index (χ4n) is 5.72. The molecule has 43 heavy (non-hydrogen) atoms. The number of allylic oxidation sites excluding steroid dienone is 4. The summed E-state index contributed by atoms with van der Waals surface area (Å²) >= 11 is 0. The number of furan rings is 1. The maximum atomic E-state index is 6.36. The number of hydrogen-bond donors (Lipinski definition) is 0. The summed E-state index contributed by atoms with van der Waals surface area (Å²) in [5, 5.41) is 0.995. The maximum Gasteiger partial charge on any atom is 0.234 e. The molecule has 8 aromatic rings. The first kappa shape index (κ1) is 24.8. The monoisotopic (exact) mass is 555 g/mol. The summed E-state index contributed by atoms with van der Waals surface area (Å²) < 4.78 is 10.6. The molecule has 0 aliphatic rings. The molecular formula is C37H25N5O. The first-order chi connectivity index (χ1) is 21.2. The van der Waals surface area contributed by atoms with Crippen molar-refractivity contribution in [2.24, 2.45) is 0 Å². The van der Waals surface area contributed by atoms with Gasteiger partial charge in [-0.1, -0.05) is 92.0 Å². The van der Waals surface area contributed by atoms with Crippen LogP contribution in [0.2, 0.25) is 0 Å². The van der Waals surface area contributed by atoms with Crippen LogP contribution in [0.4, 0.5) is 0 Å². The summed E-state index contributed by atoms with van der Waals surface area (Å²) in [7, 11) is 0. The van der Waals surface area contributed by atoms with Crippen LogP contribution in [0.25, 0.3) is 72.9 Å². The van der Waals surface area contributed by atoms with E-state index in [2.05, 4.69) is 64.6 Å². The summed E-state index contributed by atoms with van der Waals surface area (Å²) in [6.07, 6.45) is 5.44. The Bertz CT molecular complexity index is 2370. The van der Waals surface area contributed by atoms with E-state index >= 15 is 0 Å². The second-order valence-electron chi connectivity index (χ2n) is 10.3. The van der Waals surface area contributed by atoms with Gasteiger partial charge in [0, 0.05) is 22.2 Å². The van der Waals surface area contributed by atoms with Crippen molar-refractivity contribution in [3.63, 3.8) is 0 Å². The Hall–Kier alpha value is -6.01. The van der Waals surface area contributed by atoms with Crippen molar-refractivity contribution in [2.45, 2.75) is 0 Å². The molecule has 0 saturated carbocycles. The van der Waals surface area contributed by atoms with Crippen molar-refractivity contribution < 1.29 is 4.42 Å². The highest BCUT2D eigenvalue weighted by Gasteiger charge is 2.22. The molecule has 4 aromatic heterocycles. The van der Waals surface area contributed by atoms with Crippen molar-refractivity contribution in [2.75, 3.05) is 0 Å². The molecule has 0 amide bonds. The highest BCUT2D eigenvalue weighted by Crippen LogP contribution is 2.36. The van der Waals surface area contributed by atoms with E-state index in [0.717, 1.165) is 72.8 Å². The average Bonchev–Trinajstić information content (AvgIpc) is 3.71. The van der Waals surface area contributed by atoms with E-state index in [0.29, 0.717) is 5.82 Å². The third-order valence-corrected chi connectivity index (χ3v) is 7.70. The van der Waals surface area contributed by atoms with Gasteiger partial charge in [-0.25, -0.2) is 19.4 Å². The first-order valence-corrected chi connectivity index (χ1v) is 14.0. The zero-order chi connectivity index (χ0) is 28.9. The molecule has 0 bridgehead atoms. The number of nitrogens with zero attached hydrogens (tertiary/aromatic N) is 5. The van der Waals surface area contributed by atoms with E-state index in [1.165, 1.54) is 0 Å². The van der Waals surface area contributed by atoms with Crippen molar-refractivity contribution in [3.05, 3.63) is 146 Å². The fourth-order valence-corrected chi connectivity index (χ4v) is 5.72. The van der Waals surface area contributed by atoms with E-state index in [-0.39, 0.29) is 0 Å². The Morgan fingerprint density at radius 3 is 2.28 bits per heavy atom. The Labute approximate surface area is 247 Å². The number of benzene rings is 4. The lowest BCUT2D eigenvalue weighted by molar-refractivity contribution is 0.651. The smallest absolute Gasteiger partial charge is 0.234 e. The van der Waals surface area contributed by atoms with E-state index in [1.54, 1.807) is 12.2 Å². The SMILES string of the molecule is C=C/C=C(\C=C)c1cc(-c2ccccc2)nc(-c2ccc3c(c2)n(-c2ccccc2)c2nc4c5ccccc5oc4n32)n1. The molecule has 0 aliphatic heterocycles. The quantitative estimate of drug-likeness (QED) is 0.192. The number of imidazole rings is 2. The topological polar surface area (TPSA) is 61.2 Å². The van der Waals surface area contributed by atoms with Gasteiger partial charge in [0.05, 0.1) is 22.4 Å². The highest BCUT2D eigenvalue weighted by atomic mass is 16.3. The molecule has 0 aliphatic carbocycles. The van der Waals surface area contributed by atoms with Crippen LogP contribution in [0.1, 0.15) is 5.69 Å². The number of hydrogen-bond acceptors (Lipinski definition) is 4. The Morgan fingerprint density at radius 1 is 0.721 bits per heavy atom. The molecule has 204 valence electrons. The van der Waals surface area contributed by atoms with Gasteiger partial charge in [-0.3, -0.25) is 4.57 Å². The minimum absolute atomic E-state index is 0.613. The summed E-state index contributed by atoms with van der Waals surface area (Å²) in [4.78, 5) is 15.1. The number of fused-ring (bicyclic) bond motifs is 7. The number of para-hydroxylation sites is 2. The van der Waals surface area contributed by atoms with Crippen LogP contribution in [0, 0.1) is 0 Å². The van der Waals surface area contributed by atoms with Gasteiger partial charge in [-0.15, -0.1) is 0 Å². The molecule has 0 fully saturated rings. The minimum atomic E-state index is 0.613. The standard InChI is InChI=1S/C37H25N5O/c1-3-13-24(4-2)29-23-30(25-14-7-5-8-15-25)39-35(38-29)26-20-21-31-32(22-26)41(27-16-9-6-10-17-27)37-40-34-28-18-11-12-19-33(28)43-36(34)42(31)37/h3-23H,1-2H2/b24-13+. The normalized spacial score (nSPS) is 12.0. The Kier molecular flexibility index (Phi) is 5.65. The van der Waals surface area contributed by atoms with Crippen LogP contribution in [-0.2, 0) is 0 Å². The van der Waals surface area contributed by atoms with Crippen LogP contribution in [0.3, 0.4) is 0 Å². The molecule has 4 aromatic carbocycles. The average molecular weight is 556 g/mol. The highest BCUT2D eigenvalue weighted by molar-refractivity contribution is 6.05. The van der Waals surface area contributed by atoms with Gasteiger partial charge in [0.25, 0.3) is 0 Å². The van der Waals surface area contributed by atoms with Gasteiger partial charge < -0.3 is 4.42 Å². The van der Waals surface area contributed by atoms with Crippen LogP contribution in [-0.4, -0.2) is 23.9 Å². The van der Waals surface area contributed by atoms with Crippen LogP contribution >= 0.6 is 0 Å². The van der Waals surface area contributed by atoms with E-state index in [4.69, 9.17) is 19.4 Å². The second kappa shape index (κ2) is 9.82. The van der Waals surface area contributed by atoms with Gasteiger partial charge in [-0.05, 0) is 54.1 Å². The van der Waals surface area contributed by atoms with Gasteiger partial charge in [0.1, 0.15) is 11.1 Å². The zero-order valence-corrected chi connectivity index (χ0v) is 23.2. The molecule has 6 nitrogen and oxygen atoms in total. The molecule has 0 radical (unpaired) electrons. The van der Waals surface area contributed by atoms with Crippen LogP contribution < -0.4 is 0 Å². The van der Waals surface area contributed by atoms with E-state index < -0.39 is 0 Å². The lowest BCUT2D eigenvalue weighted by Gasteiger charge is -2.10. The van der Waals surface area contributed by atoms with Crippen molar-refractivity contribution in [1.29, 1.82) is 0 Å². The molecule has 6 heteroatoms. The van der Waals surface area contributed by atoms with Crippen molar-refractivity contribution in [1.82, 2.24) is 23.9 Å². The van der Waals surface area contributed by atoms with Gasteiger partial charge in [0.15, 0.2) is 5.82 Å². The summed E-state index contributed by atoms with van der Waals surface area (Å²) in [6.45, 7) is 7.88. The van der Waals surface area contributed by atoms with Gasteiger partial charge in [0.2, 0.25) is 11.5 Å². The summed E-state index contributed by atoms with van der Waals surface area (Å²) in [5.74, 6) is 1.39. The largest absolute Gasteiger partial charge is 0.437 e. The molecular weight excluding hydrogens is 530 g/mol. The van der Waals surface area contributed by atoms with Crippen LogP contribution in [0.15, 0.2) is 145 Å². The predicted octanol–water partition coefficient (Wildman–Crippen LogP) is 9.06. The van der Waals surface area contributed by atoms with Gasteiger partial charge >= 0.3 is 0 Å². The third-order valence-electron chi connectivity index (χ3n) is 7.70. The van der Waals surface area contributed by atoms with Crippen molar-refractivity contribution in [3.8, 4) is 28.3 Å². The first-order valence-electron chi connectivity index (χ1n) is 14.0. The third kappa shape index (κ3) is 3.92. The zero-order valence-electron chi connectivity index (χ0n) is 23.2. The Morgan fingerprint density at radius 2 is 1.49 bits per heavy atom. The minimum Gasteiger partial charge on any atom is -0.437 e. The van der Waals surface area contributed by atoms with E-state index in [9.17, 15) is 0 Å². The second-order valence-corrected chi connectivity index (χ2v) is 10.3. The van der Waals surface area contributed by atoms with Crippen LogP contribution in [0.5, 0.6) is 0 Å². The maximum absolute atomic E-state index is 6.36. The van der Waals surface area contributed by atoms with Gasteiger partial charge in [-0.2, -0.15) is 0 Å². The Balaban J connectivity index is 1.42. The molecule has 0 atom stereocenters. The molecule has 0 N–H and O–H groups in total. The summed E-state index contributed by atoms with van der Waals surface area (Å²) in [6, 6.07) is 36.7. The lowest BCUT2D eigenvalue weighted by atomic mass is 10.1. The fraction of sp³-hybridized carbons (Fsp3) is 0. The molecule has 0 spiro atoms. The van der Waals surface area contributed by atoms with E-state index in [1.807, 2.05) is 72.8 Å². The number of aromatic nitrogens is 5. The molecule has 0 saturated heterocycles.